The second-order valence-electron chi connectivity index (χ2n) is 4.85. The molecule has 0 aromatic heterocycles. The average molecular weight is 348 g/mol. The number of benzene rings is 1. The number of hydrogen-bond donors (Lipinski definition) is 1. The summed E-state index contributed by atoms with van der Waals surface area (Å²) in [5, 5.41) is 9.23. The summed E-state index contributed by atoms with van der Waals surface area (Å²) in [6.07, 6.45) is 2.91. The van der Waals surface area contributed by atoms with E-state index in [-0.39, 0.29) is 11.5 Å². The van der Waals surface area contributed by atoms with Crippen molar-refractivity contribution in [3.63, 3.8) is 0 Å². The summed E-state index contributed by atoms with van der Waals surface area (Å²) in [5.74, 6) is 0. The number of rotatable bonds is 3. The SMILES string of the molecule is Cc1cc(CO)cc(S(=O)(=O)N2CCCCC2)c1Br. The minimum atomic E-state index is -3.47. The molecule has 0 saturated carbocycles. The fraction of sp³-hybridized carbons (Fsp3) is 0.538. The lowest BCUT2D eigenvalue weighted by molar-refractivity contribution is 0.281. The smallest absolute Gasteiger partial charge is 0.244 e. The van der Waals surface area contributed by atoms with Crippen molar-refractivity contribution >= 4 is 26.0 Å². The van der Waals surface area contributed by atoms with Gasteiger partial charge in [-0.2, -0.15) is 4.31 Å². The highest BCUT2D eigenvalue weighted by atomic mass is 79.9. The van der Waals surface area contributed by atoms with Gasteiger partial charge in [0.2, 0.25) is 10.0 Å². The van der Waals surface area contributed by atoms with Crippen LogP contribution in [0, 0.1) is 6.92 Å². The second kappa shape index (κ2) is 5.91. The third-order valence-electron chi connectivity index (χ3n) is 3.40. The molecule has 1 fully saturated rings. The van der Waals surface area contributed by atoms with Crippen molar-refractivity contribution in [2.45, 2.75) is 37.7 Å². The van der Waals surface area contributed by atoms with Gasteiger partial charge in [-0.15, -0.1) is 0 Å². The van der Waals surface area contributed by atoms with E-state index in [0.29, 0.717) is 23.1 Å². The van der Waals surface area contributed by atoms with Crippen LogP contribution in [0.5, 0.6) is 0 Å². The molecule has 0 spiro atoms. The summed E-state index contributed by atoms with van der Waals surface area (Å²) >= 11 is 3.36. The molecule has 4 nitrogen and oxygen atoms in total. The molecule has 0 unspecified atom stereocenters. The maximum absolute atomic E-state index is 12.6. The lowest BCUT2D eigenvalue weighted by Gasteiger charge is -2.26. The van der Waals surface area contributed by atoms with E-state index in [0.717, 1.165) is 24.8 Å². The molecular weight excluding hydrogens is 330 g/mol. The van der Waals surface area contributed by atoms with Gasteiger partial charge in [0, 0.05) is 17.6 Å². The van der Waals surface area contributed by atoms with Gasteiger partial charge >= 0.3 is 0 Å². The zero-order valence-electron chi connectivity index (χ0n) is 10.9. The summed E-state index contributed by atoms with van der Waals surface area (Å²) in [7, 11) is -3.47. The monoisotopic (exact) mass is 347 g/mol. The van der Waals surface area contributed by atoms with Gasteiger partial charge in [0.05, 0.1) is 11.5 Å². The molecule has 1 aromatic rings. The van der Waals surface area contributed by atoms with Gasteiger partial charge in [-0.05, 0) is 52.9 Å². The largest absolute Gasteiger partial charge is 0.392 e. The lowest BCUT2D eigenvalue weighted by Crippen LogP contribution is -2.35. The summed E-state index contributed by atoms with van der Waals surface area (Å²) in [6, 6.07) is 3.35. The molecule has 1 aliphatic rings. The lowest BCUT2D eigenvalue weighted by atomic mass is 10.1. The minimum Gasteiger partial charge on any atom is -0.392 e. The van der Waals surface area contributed by atoms with Crippen LogP contribution in [0.3, 0.4) is 0 Å². The molecule has 1 heterocycles. The highest BCUT2D eigenvalue weighted by Gasteiger charge is 2.28. The molecule has 0 atom stereocenters. The maximum Gasteiger partial charge on any atom is 0.244 e. The zero-order chi connectivity index (χ0) is 14.0. The van der Waals surface area contributed by atoms with E-state index < -0.39 is 10.0 Å². The van der Waals surface area contributed by atoms with Crippen molar-refractivity contribution in [1.82, 2.24) is 4.31 Å². The number of aryl methyl sites for hydroxylation is 1. The first-order valence-corrected chi connectivity index (χ1v) is 8.60. The summed E-state index contributed by atoms with van der Waals surface area (Å²) in [6.45, 7) is 2.84. The Hall–Kier alpha value is -0.430. The predicted molar refractivity (Wildman–Crippen MR) is 77.4 cm³/mol. The van der Waals surface area contributed by atoms with Crippen molar-refractivity contribution < 1.29 is 13.5 Å². The molecule has 1 aromatic carbocycles. The Morgan fingerprint density at radius 1 is 1.26 bits per heavy atom. The van der Waals surface area contributed by atoms with Gasteiger partial charge in [0.25, 0.3) is 0 Å². The molecule has 106 valence electrons. The van der Waals surface area contributed by atoms with Crippen LogP contribution in [0.1, 0.15) is 30.4 Å². The summed E-state index contributed by atoms with van der Waals surface area (Å²) in [4.78, 5) is 0.262. The first kappa shape index (κ1) is 15.0. The topological polar surface area (TPSA) is 57.6 Å². The van der Waals surface area contributed by atoms with E-state index in [4.69, 9.17) is 0 Å². The van der Waals surface area contributed by atoms with Gasteiger partial charge in [-0.25, -0.2) is 8.42 Å². The van der Waals surface area contributed by atoms with E-state index in [9.17, 15) is 13.5 Å². The minimum absolute atomic E-state index is 0.156. The third-order valence-corrected chi connectivity index (χ3v) is 6.63. The summed E-state index contributed by atoms with van der Waals surface area (Å²) < 4.78 is 27.4. The van der Waals surface area contributed by atoms with E-state index in [1.807, 2.05) is 6.92 Å². The van der Waals surface area contributed by atoms with Crippen molar-refractivity contribution in [2.24, 2.45) is 0 Å². The van der Waals surface area contributed by atoms with Crippen LogP contribution in [-0.4, -0.2) is 30.9 Å². The zero-order valence-corrected chi connectivity index (χ0v) is 13.3. The van der Waals surface area contributed by atoms with Crippen LogP contribution in [-0.2, 0) is 16.6 Å². The number of aliphatic hydroxyl groups excluding tert-OH is 1. The Balaban J connectivity index is 2.47. The van der Waals surface area contributed by atoms with E-state index in [1.54, 1.807) is 12.1 Å². The third kappa shape index (κ3) is 3.02. The molecule has 0 amide bonds. The Labute approximate surface area is 122 Å². The first-order chi connectivity index (χ1) is 8.96. The normalized spacial score (nSPS) is 17.6. The van der Waals surface area contributed by atoms with Gasteiger partial charge in [0.1, 0.15) is 0 Å². The number of hydrogen-bond acceptors (Lipinski definition) is 3. The van der Waals surface area contributed by atoms with Crippen LogP contribution in [0.2, 0.25) is 0 Å². The van der Waals surface area contributed by atoms with Crippen LogP contribution in [0.4, 0.5) is 0 Å². The first-order valence-electron chi connectivity index (χ1n) is 6.37. The van der Waals surface area contributed by atoms with Gasteiger partial charge < -0.3 is 5.11 Å². The quantitative estimate of drug-likeness (QED) is 0.913. The van der Waals surface area contributed by atoms with Gasteiger partial charge in [-0.1, -0.05) is 12.5 Å². The van der Waals surface area contributed by atoms with Crippen molar-refractivity contribution in [3.8, 4) is 0 Å². The molecule has 0 radical (unpaired) electrons. The number of nitrogens with zero attached hydrogens (tertiary/aromatic N) is 1. The van der Waals surface area contributed by atoms with Gasteiger partial charge in [0.15, 0.2) is 0 Å². The predicted octanol–water partition coefficient (Wildman–Crippen LogP) is 2.42. The molecule has 2 rings (SSSR count). The fourth-order valence-electron chi connectivity index (χ4n) is 2.33. The Kier molecular flexibility index (Phi) is 4.66. The second-order valence-corrected chi connectivity index (χ2v) is 7.55. The Morgan fingerprint density at radius 3 is 2.47 bits per heavy atom. The Bertz CT molecular complexity index is 565. The van der Waals surface area contributed by atoms with Crippen LogP contribution in [0.25, 0.3) is 0 Å². The molecule has 1 aliphatic heterocycles. The molecule has 0 bridgehead atoms. The van der Waals surface area contributed by atoms with Crippen LogP contribution >= 0.6 is 15.9 Å². The average Bonchev–Trinajstić information content (AvgIpc) is 2.42. The number of piperidine rings is 1. The molecule has 1 N–H and O–H groups in total. The van der Waals surface area contributed by atoms with Crippen molar-refractivity contribution in [3.05, 3.63) is 27.7 Å². The van der Waals surface area contributed by atoms with E-state index in [1.165, 1.54) is 4.31 Å². The molecular formula is C13H18BrNO3S. The summed E-state index contributed by atoms with van der Waals surface area (Å²) in [5.41, 5.74) is 1.44. The van der Waals surface area contributed by atoms with E-state index in [2.05, 4.69) is 15.9 Å². The number of sulfonamides is 1. The van der Waals surface area contributed by atoms with E-state index >= 15 is 0 Å². The molecule has 1 saturated heterocycles. The van der Waals surface area contributed by atoms with Gasteiger partial charge in [-0.3, -0.25) is 0 Å². The fourth-order valence-corrected chi connectivity index (χ4v) is 4.88. The van der Waals surface area contributed by atoms with Crippen molar-refractivity contribution in [2.75, 3.05) is 13.1 Å². The van der Waals surface area contributed by atoms with Crippen molar-refractivity contribution in [1.29, 1.82) is 0 Å². The maximum atomic E-state index is 12.6. The highest BCUT2D eigenvalue weighted by Crippen LogP contribution is 2.30. The highest BCUT2D eigenvalue weighted by molar-refractivity contribution is 9.10. The Morgan fingerprint density at radius 2 is 1.89 bits per heavy atom. The molecule has 0 aliphatic carbocycles. The number of halogens is 1. The number of aliphatic hydroxyl groups is 1. The van der Waals surface area contributed by atoms with Crippen LogP contribution in [0.15, 0.2) is 21.5 Å². The standard InChI is InChI=1S/C13H18BrNO3S/c1-10-7-11(9-16)8-12(13(10)14)19(17,18)15-5-3-2-4-6-15/h7-8,16H,2-6,9H2,1H3. The molecule has 6 heteroatoms. The van der Waals surface area contributed by atoms with Crippen LogP contribution < -0.4 is 0 Å². The molecule has 19 heavy (non-hydrogen) atoms.